The van der Waals surface area contributed by atoms with Crippen LogP contribution in [0.25, 0.3) is 0 Å². The van der Waals surface area contributed by atoms with Gasteiger partial charge in [-0.25, -0.2) is 9.78 Å². The summed E-state index contributed by atoms with van der Waals surface area (Å²) in [5.41, 5.74) is 1.18. The quantitative estimate of drug-likeness (QED) is 0.495. The third-order valence-corrected chi connectivity index (χ3v) is 1.68. The molecule has 64 valence electrons. The van der Waals surface area contributed by atoms with Gasteiger partial charge in [0.15, 0.2) is 0 Å². The van der Waals surface area contributed by atoms with E-state index in [1.54, 1.807) is 12.3 Å². The smallest absolute Gasteiger partial charge is 0.341 e. The number of carbonyl (C=O) groups excluding carboxylic acids is 1. The molecule has 0 aliphatic heterocycles. The highest BCUT2D eigenvalue weighted by molar-refractivity contribution is 6.32. The minimum Gasteiger partial charge on any atom is -0.465 e. The normalized spacial score (nSPS) is 9.58. The number of nitrogens with zero attached hydrogens (tertiary/aromatic N) is 1. The van der Waals surface area contributed by atoms with Crippen LogP contribution in [0.3, 0.4) is 0 Å². The van der Waals surface area contributed by atoms with Crippen molar-refractivity contribution < 1.29 is 9.53 Å². The Bertz CT molecular complexity index is 312. The van der Waals surface area contributed by atoms with Gasteiger partial charge >= 0.3 is 5.97 Å². The van der Waals surface area contributed by atoms with E-state index >= 15 is 0 Å². The number of ether oxygens (including phenoxy) is 1. The number of hydrogen-bond donors (Lipinski definition) is 0. The number of esters is 1. The lowest BCUT2D eigenvalue weighted by Gasteiger charge is -2.01. The number of hydrogen-bond acceptors (Lipinski definition) is 3. The highest BCUT2D eigenvalue weighted by Gasteiger charge is 2.10. The Morgan fingerprint density at radius 2 is 2.33 bits per heavy atom. The van der Waals surface area contributed by atoms with Crippen molar-refractivity contribution in [3.05, 3.63) is 28.5 Å². The molecule has 0 fully saturated rings. The predicted molar refractivity (Wildman–Crippen MR) is 45.3 cm³/mol. The lowest BCUT2D eigenvalue weighted by molar-refractivity contribution is 0.0600. The summed E-state index contributed by atoms with van der Waals surface area (Å²) in [5, 5.41) is 0.174. The number of methoxy groups -OCH3 is 1. The van der Waals surface area contributed by atoms with Crippen molar-refractivity contribution >= 4 is 17.6 Å². The summed E-state index contributed by atoms with van der Waals surface area (Å²) in [6, 6.07) is 1.64. The van der Waals surface area contributed by atoms with Crippen LogP contribution in [0.15, 0.2) is 12.3 Å². The van der Waals surface area contributed by atoms with E-state index in [4.69, 9.17) is 11.6 Å². The molecular formula is C8H8ClNO2. The summed E-state index contributed by atoms with van der Waals surface area (Å²) >= 11 is 5.66. The first-order valence-electron chi connectivity index (χ1n) is 3.35. The van der Waals surface area contributed by atoms with Gasteiger partial charge in [-0.2, -0.15) is 0 Å². The molecule has 12 heavy (non-hydrogen) atoms. The molecule has 0 N–H and O–H groups in total. The Labute approximate surface area is 75.3 Å². The average Bonchev–Trinajstić information content (AvgIpc) is 2.08. The summed E-state index contributed by atoms with van der Waals surface area (Å²) in [6.45, 7) is 1.83. The molecule has 0 amide bonds. The molecule has 0 saturated carbocycles. The van der Waals surface area contributed by atoms with E-state index in [1.165, 1.54) is 7.11 Å². The third-order valence-electron chi connectivity index (χ3n) is 1.38. The maximum atomic E-state index is 11.0. The van der Waals surface area contributed by atoms with Crippen LogP contribution >= 0.6 is 11.6 Å². The number of aromatic nitrogens is 1. The Morgan fingerprint density at radius 3 is 2.92 bits per heavy atom. The van der Waals surface area contributed by atoms with Gasteiger partial charge in [0.1, 0.15) is 5.15 Å². The Hall–Kier alpha value is -1.09. The van der Waals surface area contributed by atoms with Crippen LogP contribution < -0.4 is 0 Å². The van der Waals surface area contributed by atoms with Crippen molar-refractivity contribution in [1.82, 2.24) is 4.98 Å². The van der Waals surface area contributed by atoms with Gasteiger partial charge in [0.05, 0.1) is 12.7 Å². The monoisotopic (exact) mass is 185 g/mol. The van der Waals surface area contributed by atoms with Crippen molar-refractivity contribution in [3.63, 3.8) is 0 Å². The second-order valence-corrected chi connectivity index (χ2v) is 2.70. The fourth-order valence-corrected chi connectivity index (χ4v) is 0.986. The predicted octanol–water partition coefficient (Wildman–Crippen LogP) is 1.83. The maximum absolute atomic E-state index is 11.0. The molecule has 0 aliphatic rings. The molecule has 0 aliphatic carbocycles. The van der Waals surface area contributed by atoms with Gasteiger partial charge in [0, 0.05) is 6.20 Å². The highest BCUT2D eigenvalue weighted by Crippen LogP contribution is 2.14. The van der Waals surface area contributed by atoms with E-state index in [0.29, 0.717) is 5.56 Å². The van der Waals surface area contributed by atoms with Crippen LogP contribution in [0, 0.1) is 6.92 Å². The van der Waals surface area contributed by atoms with E-state index < -0.39 is 5.97 Å². The van der Waals surface area contributed by atoms with Crippen LogP contribution in [0.1, 0.15) is 15.9 Å². The van der Waals surface area contributed by atoms with Crippen molar-refractivity contribution in [1.29, 1.82) is 0 Å². The Balaban J connectivity index is 3.13. The molecule has 1 rings (SSSR count). The van der Waals surface area contributed by atoms with E-state index in [-0.39, 0.29) is 5.15 Å². The Morgan fingerprint density at radius 1 is 1.67 bits per heavy atom. The number of rotatable bonds is 1. The molecule has 0 unspecified atom stereocenters. The van der Waals surface area contributed by atoms with Gasteiger partial charge in [0.25, 0.3) is 0 Å². The Kier molecular flexibility index (Phi) is 2.65. The largest absolute Gasteiger partial charge is 0.465 e. The summed E-state index contributed by atoms with van der Waals surface area (Å²) in [7, 11) is 1.31. The van der Waals surface area contributed by atoms with Gasteiger partial charge in [0.2, 0.25) is 0 Å². The summed E-state index contributed by atoms with van der Waals surface area (Å²) in [6.07, 6.45) is 1.59. The molecule has 1 heterocycles. The van der Waals surface area contributed by atoms with Crippen LogP contribution in [0.2, 0.25) is 5.15 Å². The van der Waals surface area contributed by atoms with Crippen LogP contribution in [-0.4, -0.2) is 18.1 Å². The van der Waals surface area contributed by atoms with Crippen molar-refractivity contribution in [3.8, 4) is 0 Å². The van der Waals surface area contributed by atoms with E-state index in [2.05, 4.69) is 9.72 Å². The molecule has 0 saturated heterocycles. The zero-order chi connectivity index (χ0) is 9.14. The SMILES string of the molecule is COC(=O)c1cc(C)cnc1Cl. The number of aryl methyl sites for hydroxylation is 1. The number of halogens is 1. The molecule has 0 spiro atoms. The lowest BCUT2D eigenvalue weighted by atomic mass is 10.2. The van der Waals surface area contributed by atoms with Crippen molar-refractivity contribution in [2.24, 2.45) is 0 Å². The minimum absolute atomic E-state index is 0.174. The molecule has 0 aromatic carbocycles. The van der Waals surface area contributed by atoms with Crippen LogP contribution in [0.4, 0.5) is 0 Å². The van der Waals surface area contributed by atoms with Gasteiger partial charge in [-0.15, -0.1) is 0 Å². The summed E-state index contributed by atoms with van der Waals surface area (Å²) in [4.78, 5) is 14.9. The number of pyridine rings is 1. The van der Waals surface area contributed by atoms with E-state index in [0.717, 1.165) is 5.56 Å². The first kappa shape index (κ1) is 9.00. The first-order valence-corrected chi connectivity index (χ1v) is 3.73. The minimum atomic E-state index is -0.462. The van der Waals surface area contributed by atoms with Gasteiger partial charge in [-0.3, -0.25) is 0 Å². The second kappa shape index (κ2) is 3.54. The zero-order valence-electron chi connectivity index (χ0n) is 6.80. The molecule has 0 atom stereocenters. The van der Waals surface area contributed by atoms with E-state index in [9.17, 15) is 4.79 Å². The fourth-order valence-electron chi connectivity index (χ4n) is 0.806. The fraction of sp³-hybridized carbons (Fsp3) is 0.250. The first-order chi connectivity index (χ1) is 5.65. The lowest BCUT2D eigenvalue weighted by Crippen LogP contribution is -2.03. The van der Waals surface area contributed by atoms with Gasteiger partial charge in [-0.05, 0) is 18.6 Å². The third kappa shape index (κ3) is 1.74. The molecule has 0 radical (unpaired) electrons. The standard InChI is InChI=1S/C8H8ClNO2/c1-5-3-6(8(11)12-2)7(9)10-4-5/h3-4H,1-2H3. The highest BCUT2D eigenvalue weighted by atomic mass is 35.5. The van der Waals surface area contributed by atoms with Crippen LogP contribution in [0.5, 0.6) is 0 Å². The van der Waals surface area contributed by atoms with Crippen molar-refractivity contribution in [2.75, 3.05) is 7.11 Å². The van der Waals surface area contributed by atoms with Gasteiger partial charge < -0.3 is 4.74 Å². The molecule has 0 bridgehead atoms. The topological polar surface area (TPSA) is 39.2 Å². The second-order valence-electron chi connectivity index (χ2n) is 2.34. The van der Waals surface area contributed by atoms with Crippen LogP contribution in [-0.2, 0) is 4.74 Å². The van der Waals surface area contributed by atoms with Gasteiger partial charge in [-0.1, -0.05) is 11.6 Å². The van der Waals surface area contributed by atoms with E-state index in [1.807, 2.05) is 6.92 Å². The molecule has 1 aromatic rings. The molecule has 3 nitrogen and oxygen atoms in total. The molecular weight excluding hydrogens is 178 g/mol. The number of carbonyl (C=O) groups is 1. The van der Waals surface area contributed by atoms with Crippen molar-refractivity contribution in [2.45, 2.75) is 6.92 Å². The maximum Gasteiger partial charge on any atom is 0.341 e. The molecule has 4 heteroatoms. The average molecular weight is 186 g/mol. The molecule has 1 aromatic heterocycles. The summed E-state index contributed by atoms with van der Waals surface area (Å²) < 4.78 is 4.51. The zero-order valence-corrected chi connectivity index (χ0v) is 7.55. The summed E-state index contributed by atoms with van der Waals surface area (Å²) in [5.74, 6) is -0.462.